The van der Waals surface area contributed by atoms with Crippen LogP contribution in [0.15, 0.2) is 158 Å². The SMILES string of the molecule is CC(C)(C)c1ccc(Nc2cccc(C(c3ccccc3)(c3ccccc3)c3cccc(Nc4ccc(C(C)(C)C)cc4)c3)c2)cc1. The maximum atomic E-state index is 3.70. The van der Waals surface area contributed by atoms with Crippen LogP contribution in [0, 0.1) is 0 Å². The zero-order chi connectivity index (χ0) is 33.1. The maximum absolute atomic E-state index is 3.70. The lowest BCUT2D eigenvalue weighted by Gasteiger charge is -2.37. The molecule has 0 amide bonds. The lowest BCUT2D eigenvalue weighted by atomic mass is 9.65. The van der Waals surface area contributed by atoms with Gasteiger partial charge in [0.15, 0.2) is 0 Å². The Labute approximate surface area is 281 Å². The van der Waals surface area contributed by atoms with E-state index in [0.29, 0.717) is 0 Å². The summed E-state index contributed by atoms with van der Waals surface area (Å²) in [6.07, 6.45) is 0. The number of nitrogens with one attached hydrogen (secondary N) is 2. The molecule has 2 heteroatoms. The molecule has 0 saturated heterocycles. The Balaban J connectivity index is 1.47. The van der Waals surface area contributed by atoms with Gasteiger partial charge < -0.3 is 10.6 Å². The quantitative estimate of drug-likeness (QED) is 0.167. The summed E-state index contributed by atoms with van der Waals surface area (Å²) in [7, 11) is 0. The minimum atomic E-state index is -0.565. The van der Waals surface area contributed by atoms with E-state index in [9.17, 15) is 0 Å². The zero-order valence-electron chi connectivity index (χ0n) is 28.5. The van der Waals surface area contributed by atoms with E-state index >= 15 is 0 Å². The molecule has 0 radical (unpaired) electrons. The Morgan fingerprint density at radius 1 is 0.298 bits per heavy atom. The Kier molecular flexibility index (Phi) is 8.80. The molecule has 6 aromatic rings. The van der Waals surface area contributed by atoms with Crippen LogP contribution in [-0.2, 0) is 16.2 Å². The molecule has 0 spiro atoms. The first kappa shape index (κ1) is 31.9. The van der Waals surface area contributed by atoms with E-state index in [1.807, 2.05) is 0 Å². The van der Waals surface area contributed by atoms with Crippen molar-refractivity contribution in [3.63, 3.8) is 0 Å². The van der Waals surface area contributed by atoms with Gasteiger partial charge in [-0.25, -0.2) is 0 Å². The van der Waals surface area contributed by atoms with Crippen LogP contribution in [0.5, 0.6) is 0 Å². The summed E-state index contributed by atoms with van der Waals surface area (Å²) in [6, 6.07) is 57.2. The smallest absolute Gasteiger partial charge is 0.0703 e. The number of benzene rings is 6. The topological polar surface area (TPSA) is 24.1 Å². The van der Waals surface area contributed by atoms with E-state index in [0.717, 1.165) is 22.7 Å². The van der Waals surface area contributed by atoms with Gasteiger partial charge in [-0.05, 0) is 92.7 Å². The van der Waals surface area contributed by atoms with Crippen LogP contribution in [0.25, 0.3) is 0 Å². The van der Waals surface area contributed by atoms with Crippen LogP contribution < -0.4 is 10.6 Å². The molecule has 0 saturated carbocycles. The Morgan fingerprint density at radius 3 is 0.979 bits per heavy atom. The van der Waals surface area contributed by atoms with Crippen molar-refractivity contribution < 1.29 is 0 Å². The lowest BCUT2D eigenvalue weighted by molar-refractivity contribution is 0.590. The first-order valence-electron chi connectivity index (χ1n) is 16.6. The fourth-order valence-corrected chi connectivity index (χ4v) is 6.48. The molecule has 0 aliphatic carbocycles. The van der Waals surface area contributed by atoms with Gasteiger partial charge in [-0.2, -0.15) is 0 Å². The summed E-state index contributed by atoms with van der Waals surface area (Å²) in [6.45, 7) is 13.5. The van der Waals surface area contributed by atoms with Gasteiger partial charge in [0.1, 0.15) is 0 Å². The van der Waals surface area contributed by atoms with Gasteiger partial charge in [0.2, 0.25) is 0 Å². The first-order chi connectivity index (χ1) is 22.5. The largest absolute Gasteiger partial charge is 0.356 e. The minimum Gasteiger partial charge on any atom is -0.356 e. The molecule has 2 nitrogen and oxygen atoms in total. The third kappa shape index (κ3) is 6.88. The molecule has 0 unspecified atom stereocenters. The highest BCUT2D eigenvalue weighted by Crippen LogP contribution is 2.46. The molecular formula is C45H46N2. The molecule has 0 atom stereocenters. The second-order valence-electron chi connectivity index (χ2n) is 14.5. The number of anilines is 4. The third-order valence-electron chi connectivity index (χ3n) is 9.08. The van der Waals surface area contributed by atoms with Crippen LogP contribution in [0.3, 0.4) is 0 Å². The van der Waals surface area contributed by atoms with E-state index in [2.05, 4.69) is 210 Å². The molecule has 0 aliphatic heterocycles. The minimum absolute atomic E-state index is 0.114. The predicted molar refractivity (Wildman–Crippen MR) is 202 cm³/mol. The van der Waals surface area contributed by atoms with E-state index in [-0.39, 0.29) is 10.8 Å². The number of hydrogen-bond donors (Lipinski definition) is 2. The van der Waals surface area contributed by atoms with Crippen molar-refractivity contribution in [3.8, 4) is 0 Å². The highest BCUT2D eigenvalue weighted by Gasteiger charge is 2.38. The van der Waals surface area contributed by atoms with Crippen molar-refractivity contribution in [3.05, 3.63) is 191 Å². The lowest BCUT2D eigenvalue weighted by Crippen LogP contribution is -2.31. The molecular weight excluding hydrogens is 569 g/mol. The van der Waals surface area contributed by atoms with Gasteiger partial charge in [-0.15, -0.1) is 0 Å². The normalized spacial score (nSPS) is 12.0. The van der Waals surface area contributed by atoms with Gasteiger partial charge in [0, 0.05) is 22.7 Å². The average molecular weight is 615 g/mol. The summed E-state index contributed by atoms with van der Waals surface area (Å²) in [4.78, 5) is 0. The molecule has 0 aromatic heterocycles. The van der Waals surface area contributed by atoms with Crippen molar-refractivity contribution in [1.29, 1.82) is 0 Å². The van der Waals surface area contributed by atoms with Crippen LogP contribution in [0.4, 0.5) is 22.7 Å². The van der Waals surface area contributed by atoms with E-state index in [1.165, 1.54) is 33.4 Å². The molecule has 2 N–H and O–H groups in total. The predicted octanol–water partition coefficient (Wildman–Crippen LogP) is 12.2. The second-order valence-corrected chi connectivity index (χ2v) is 14.5. The number of rotatable bonds is 8. The van der Waals surface area contributed by atoms with Gasteiger partial charge in [0.05, 0.1) is 5.41 Å². The molecule has 6 aromatic carbocycles. The van der Waals surface area contributed by atoms with E-state index in [4.69, 9.17) is 0 Å². The van der Waals surface area contributed by atoms with Crippen molar-refractivity contribution in [1.82, 2.24) is 0 Å². The third-order valence-corrected chi connectivity index (χ3v) is 9.08. The van der Waals surface area contributed by atoms with Crippen molar-refractivity contribution in [2.75, 3.05) is 10.6 Å². The standard InChI is InChI=1S/C45H46N2/c1-43(2,3)33-23-27-39(28-24-33)46-41-21-13-19-37(31-41)45(35-15-9-7-10-16-35,36-17-11-8-12-18-36)38-20-14-22-42(32-38)47-40-29-25-34(26-30-40)44(4,5)6/h7-32,46-47H,1-6H3. The Bertz CT molecular complexity index is 1760. The van der Waals surface area contributed by atoms with Gasteiger partial charge in [-0.3, -0.25) is 0 Å². The molecule has 0 heterocycles. The van der Waals surface area contributed by atoms with Crippen LogP contribution in [0.2, 0.25) is 0 Å². The molecule has 47 heavy (non-hydrogen) atoms. The van der Waals surface area contributed by atoms with Crippen molar-refractivity contribution >= 4 is 22.7 Å². The summed E-state index contributed by atoms with van der Waals surface area (Å²) in [5.74, 6) is 0. The molecule has 0 fully saturated rings. The van der Waals surface area contributed by atoms with Gasteiger partial charge in [0.25, 0.3) is 0 Å². The first-order valence-corrected chi connectivity index (χ1v) is 16.6. The molecule has 0 bridgehead atoms. The Hall–Kier alpha value is -5.08. The number of hydrogen-bond acceptors (Lipinski definition) is 2. The summed E-state index contributed by atoms with van der Waals surface area (Å²) >= 11 is 0. The van der Waals surface area contributed by atoms with Gasteiger partial charge in [-0.1, -0.05) is 151 Å². The fraction of sp³-hybridized carbons (Fsp3) is 0.200. The van der Waals surface area contributed by atoms with Crippen molar-refractivity contribution in [2.24, 2.45) is 0 Å². The highest BCUT2D eigenvalue weighted by molar-refractivity contribution is 5.69. The van der Waals surface area contributed by atoms with Crippen LogP contribution in [0.1, 0.15) is 74.9 Å². The monoisotopic (exact) mass is 614 g/mol. The van der Waals surface area contributed by atoms with E-state index < -0.39 is 5.41 Å². The van der Waals surface area contributed by atoms with Crippen LogP contribution >= 0.6 is 0 Å². The van der Waals surface area contributed by atoms with Crippen LogP contribution in [-0.4, -0.2) is 0 Å². The molecule has 0 aliphatic rings. The van der Waals surface area contributed by atoms with Gasteiger partial charge >= 0.3 is 0 Å². The molecule has 6 rings (SSSR count). The van der Waals surface area contributed by atoms with E-state index in [1.54, 1.807) is 0 Å². The fourth-order valence-electron chi connectivity index (χ4n) is 6.48. The zero-order valence-corrected chi connectivity index (χ0v) is 28.5. The second kappa shape index (κ2) is 13.0. The highest BCUT2D eigenvalue weighted by atomic mass is 14.9. The Morgan fingerprint density at radius 2 is 0.638 bits per heavy atom. The summed E-state index contributed by atoms with van der Waals surface area (Å²) < 4.78 is 0. The maximum Gasteiger partial charge on any atom is 0.0703 e. The van der Waals surface area contributed by atoms with Crippen molar-refractivity contribution in [2.45, 2.75) is 57.8 Å². The average Bonchev–Trinajstić information content (AvgIpc) is 3.06. The summed E-state index contributed by atoms with van der Waals surface area (Å²) in [5, 5.41) is 7.39. The molecule has 236 valence electrons. The summed E-state index contributed by atoms with van der Waals surface area (Å²) in [5.41, 5.74) is 11.4.